The predicted molar refractivity (Wildman–Crippen MR) is 84.3 cm³/mol. The van der Waals surface area contributed by atoms with Gasteiger partial charge in [-0.3, -0.25) is 4.98 Å². The smallest absolute Gasteiger partial charge is 0.212 e. The van der Waals surface area contributed by atoms with E-state index in [1.807, 2.05) is 49.4 Å². The molecule has 112 valence electrons. The summed E-state index contributed by atoms with van der Waals surface area (Å²) in [6.45, 7) is 1.84. The summed E-state index contributed by atoms with van der Waals surface area (Å²) in [5.41, 5.74) is 2.08. The lowest BCUT2D eigenvalue weighted by Crippen LogP contribution is -2.29. The second-order valence-corrected chi connectivity index (χ2v) is 6.90. The lowest BCUT2D eigenvalue weighted by atomic mass is 10.1. The Morgan fingerprint density at radius 3 is 2.43 bits per heavy atom. The van der Waals surface area contributed by atoms with Crippen LogP contribution in [0.25, 0.3) is 0 Å². The first kappa shape index (κ1) is 15.7. The molecule has 2 rings (SSSR count). The summed E-state index contributed by atoms with van der Waals surface area (Å²) in [6.07, 6.45) is 4.71. The minimum absolute atomic E-state index is 0.136. The predicted octanol–water partition coefficient (Wildman–Crippen LogP) is 2.69. The Bertz CT molecular complexity index is 642. The van der Waals surface area contributed by atoms with Crippen molar-refractivity contribution >= 4 is 10.0 Å². The van der Waals surface area contributed by atoms with E-state index in [1.54, 1.807) is 12.4 Å². The van der Waals surface area contributed by atoms with E-state index in [9.17, 15) is 8.42 Å². The van der Waals surface area contributed by atoms with E-state index in [4.69, 9.17) is 0 Å². The zero-order valence-electron chi connectivity index (χ0n) is 12.1. The lowest BCUT2D eigenvalue weighted by Gasteiger charge is -2.14. The van der Waals surface area contributed by atoms with E-state index in [0.29, 0.717) is 6.42 Å². The Kier molecular flexibility index (Phi) is 5.47. The second-order valence-electron chi connectivity index (χ2n) is 5.03. The molecular formula is C16H20N2O2S. The molecule has 0 fully saturated rings. The van der Waals surface area contributed by atoms with Gasteiger partial charge in [-0.25, -0.2) is 13.1 Å². The molecule has 0 bridgehead atoms. The maximum Gasteiger partial charge on any atom is 0.212 e. The van der Waals surface area contributed by atoms with Crippen molar-refractivity contribution in [3.05, 3.63) is 66.0 Å². The summed E-state index contributed by atoms with van der Waals surface area (Å²) in [4.78, 5) is 3.93. The number of hydrogen-bond acceptors (Lipinski definition) is 3. The Balaban J connectivity index is 1.85. The molecule has 1 atom stereocenters. The highest BCUT2D eigenvalue weighted by Crippen LogP contribution is 2.12. The van der Waals surface area contributed by atoms with Crippen molar-refractivity contribution in [1.29, 1.82) is 0 Å². The number of nitrogens with one attached hydrogen (secondary N) is 1. The fraction of sp³-hybridized carbons (Fsp3) is 0.312. The molecule has 1 aromatic heterocycles. The number of pyridine rings is 1. The number of nitrogens with zero attached hydrogens (tertiary/aromatic N) is 1. The molecule has 0 spiro atoms. The first-order valence-electron chi connectivity index (χ1n) is 7.01. The van der Waals surface area contributed by atoms with Gasteiger partial charge in [-0.15, -0.1) is 0 Å². The monoisotopic (exact) mass is 304 g/mol. The van der Waals surface area contributed by atoms with Crippen LogP contribution in [-0.4, -0.2) is 19.2 Å². The van der Waals surface area contributed by atoms with Crippen LogP contribution in [0.2, 0.25) is 0 Å². The average Bonchev–Trinajstić information content (AvgIpc) is 2.48. The highest BCUT2D eigenvalue weighted by molar-refractivity contribution is 7.89. The molecule has 0 saturated heterocycles. The van der Waals surface area contributed by atoms with E-state index < -0.39 is 10.0 Å². The molecule has 0 radical (unpaired) electrons. The second kappa shape index (κ2) is 7.33. The first-order chi connectivity index (χ1) is 10.1. The minimum Gasteiger partial charge on any atom is -0.265 e. The van der Waals surface area contributed by atoms with Crippen molar-refractivity contribution in [3.63, 3.8) is 0 Å². The van der Waals surface area contributed by atoms with Crippen LogP contribution >= 0.6 is 0 Å². The molecule has 5 heteroatoms. The Morgan fingerprint density at radius 2 is 1.76 bits per heavy atom. The van der Waals surface area contributed by atoms with Crippen molar-refractivity contribution in [2.45, 2.75) is 25.8 Å². The van der Waals surface area contributed by atoms with Gasteiger partial charge < -0.3 is 0 Å². The third-order valence-electron chi connectivity index (χ3n) is 3.28. The molecule has 1 heterocycles. The summed E-state index contributed by atoms with van der Waals surface area (Å²) in [7, 11) is -3.27. The van der Waals surface area contributed by atoms with Gasteiger partial charge in [-0.2, -0.15) is 0 Å². The van der Waals surface area contributed by atoms with E-state index in [1.165, 1.54) is 0 Å². The average molecular weight is 304 g/mol. The van der Waals surface area contributed by atoms with Gasteiger partial charge >= 0.3 is 0 Å². The molecule has 4 nitrogen and oxygen atoms in total. The number of sulfonamides is 1. The number of aromatic nitrogens is 1. The minimum atomic E-state index is -3.27. The largest absolute Gasteiger partial charge is 0.265 e. The van der Waals surface area contributed by atoms with Gasteiger partial charge in [0.1, 0.15) is 0 Å². The van der Waals surface area contributed by atoms with Gasteiger partial charge in [0.25, 0.3) is 0 Å². The van der Waals surface area contributed by atoms with Crippen molar-refractivity contribution in [3.8, 4) is 0 Å². The highest BCUT2D eigenvalue weighted by atomic mass is 32.2. The van der Waals surface area contributed by atoms with E-state index in [0.717, 1.165) is 17.5 Å². The Labute approximate surface area is 126 Å². The summed E-state index contributed by atoms with van der Waals surface area (Å²) >= 11 is 0. The Hall–Kier alpha value is -1.72. The van der Waals surface area contributed by atoms with Crippen LogP contribution in [0.15, 0.2) is 54.9 Å². The molecule has 1 N–H and O–H groups in total. The number of rotatable bonds is 7. The van der Waals surface area contributed by atoms with Crippen LogP contribution < -0.4 is 4.72 Å². The molecular weight excluding hydrogens is 284 g/mol. The lowest BCUT2D eigenvalue weighted by molar-refractivity contribution is 0.564. The summed E-state index contributed by atoms with van der Waals surface area (Å²) in [6, 6.07) is 13.3. The van der Waals surface area contributed by atoms with E-state index in [-0.39, 0.29) is 11.8 Å². The molecule has 0 aliphatic carbocycles. The SMILES string of the molecule is CC(NS(=O)(=O)CCCc1ccccc1)c1ccncc1. The zero-order valence-corrected chi connectivity index (χ0v) is 12.9. The Morgan fingerprint density at radius 1 is 1.10 bits per heavy atom. The fourth-order valence-corrected chi connectivity index (χ4v) is 3.48. The van der Waals surface area contributed by atoms with Gasteiger partial charge in [0.15, 0.2) is 0 Å². The van der Waals surface area contributed by atoms with Crippen molar-refractivity contribution in [2.24, 2.45) is 0 Å². The van der Waals surface area contributed by atoms with Crippen LogP contribution in [0.4, 0.5) is 0 Å². The molecule has 1 unspecified atom stereocenters. The molecule has 2 aromatic rings. The third-order valence-corrected chi connectivity index (χ3v) is 4.82. The van der Waals surface area contributed by atoms with Crippen LogP contribution in [0.1, 0.15) is 30.5 Å². The maximum atomic E-state index is 12.1. The van der Waals surface area contributed by atoms with Crippen molar-refractivity contribution < 1.29 is 8.42 Å². The molecule has 0 saturated carbocycles. The van der Waals surface area contributed by atoms with Gasteiger partial charge in [-0.05, 0) is 43.0 Å². The molecule has 21 heavy (non-hydrogen) atoms. The van der Waals surface area contributed by atoms with Crippen LogP contribution in [-0.2, 0) is 16.4 Å². The third kappa shape index (κ3) is 5.28. The molecule has 0 aliphatic heterocycles. The topological polar surface area (TPSA) is 59.1 Å². The number of hydrogen-bond donors (Lipinski definition) is 1. The van der Waals surface area contributed by atoms with Gasteiger partial charge in [0.2, 0.25) is 10.0 Å². The fourth-order valence-electron chi connectivity index (χ4n) is 2.16. The van der Waals surface area contributed by atoms with Crippen LogP contribution in [0, 0.1) is 0 Å². The normalized spacial score (nSPS) is 13.0. The van der Waals surface area contributed by atoms with Gasteiger partial charge in [0.05, 0.1) is 5.75 Å². The van der Waals surface area contributed by atoms with Gasteiger partial charge in [-0.1, -0.05) is 30.3 Å². The standard InChI is InChI=1S/C16H20N2O2S/c1-14(16-9-11-17-12-10-16)18-21(19,20)13-5-8-15-6-3-2-4-7-15/h2-4,6-7,9-12,14,18H,5,8,13H2,1H3. The quantitative estimate of drug-likeness (QED) is 0.855. The summed E-state index contributed by atoms with van der Waals surface area (Å²) in [5, 5.41) is 0. The molecule has 1 aromatic carbocycles. The van der Waals surface area contributed by atoms with Crippen molar-refractivity contribution in [1.82, 2.24) is 9.71 Å². The van der Waals surface area contributed by atoms with E-state index >= 15 is 0 Å². The maximum absolute atomic E-state index is 12.1. The number of aryl methyl sites for hydroxylation is 1. The summed E-state index contributed by atoms with van der Waals surface area (Å²) < 4.78 is 26.9. The molecule has 0 amide bonds. The van der Waals surface area contributed by atoms with Gasteiger partial charge in [0, 0.05) is 18.4 Å². The summed E-state index contributed by atoms with van der Waals surface area (Å²) in [5.74, 6) is 0.136. The molecule has 0 aliphatic rings. The van der Waals surface area contributed by atoms with E-state index in [2.05, 4.69) is 9.71 Å². The van der Waals surface area contributed by atoms with Crippen molar-refractivity contribution in [2.75, 3.05) is 5.75 Å². The number of benzene rings is 1. The first-order valence-corrected chi connectivity index (χ1v) is 8.66. The van der Waals surface area contributed by atoms with Crippen LogP contribution in [0.5, 0.6) is 0 Å². The zero-order chi connectivity index (χ0) is 15.1. The van der Waals surface area contributed by atoms with Crippen LogP contribution in [0.3, 0.4) is 0 Å². The highest BCUT2D eigenvalue weighted by Gasteiger charge is 2.15.